The van der Waals surface area contributed by atoms with Crippen molar-refractivity contribution in [2.75, 3.05) is 26.1 Å². The summed E-state index contributed by atoms with van der Waals surface area (Å²) in [7, 11) is 4.25. The molecule has 7 heteroatoms. The van der Waals surface area contributed by atoms with E-state index in [1.54, 1.807) is 19.0 Å². The first-order valence-corrected chi connectivity index (χ1v) is 5.71. The number of aliphatic hydroxyl groups is 1. The maximum absolute atomic E-state index is 13.1. The minimum atomic E-state index is -5.18. The molecule has 0 radical (unpaired) electrons. The maximum atomic E-state index is 13.1. The van der Waals surface area contributed by atoms with E-state index in [1.807, 2.05) is 0 Å². The first-order valence-electron chi connectivity index (χ1n) is 5.71. The topological polar surface area (TPSA) is 49.8 Å². The number of hydrogen-bond acceptors (Lipinski definition) is 4. The maximum Gasteiger partial charge on any atom is 0.432 e. The summed E-state index contributed by atoms with van der Waals surface area (Å²) in [6, 6.07) is 3.92. The van der Waals surface area contributed by atoms with Gasteiger partial charge in [-0.1, -0.05) is 6.07 Å². The molecule has 1 atom stereocenters. The van der Waals surface area contributed by atoms with Crippen LogP contribution in [0.5, 0.6) is 0 Å². The molecule has 112 valence electrons. The lowest BCUT2D eigenvalue weighted by atomic mass is 9.89. The van der Waals surface area contributed by atoms with Gasteiger partial charge in [0.1, 0.15) is 0 Å². The summed E-state index contributed by atoms with van der Waals surface area (Å²) in [6.45, 7) is 1.39. The van der Waals surface area contributed by atoms with E-state index in [2.05, 4.69) is 4.74 Å². The number of aryl methyl sites for hydroxylation is 1. The predicted octanol–water partition coefficient (Wildman–Crippen LogP) is 1.98. The zero-order valence-electron chi connectivity index (χ0n) is 11.6. The van der Waals surface area contributed by atoms with Crippen LogP contribution < -0.4 is 4.90 Å². The van der Waals surface area contributed by atoms with Crippen molar-refractivity contribution < 1.29 is 27.8 Å². The van der Waals surface area contributed by atoms with Crippen molar-refractivity contribution in [1.29, 1.82) is 0 Å². The molecule has 0 amide bonds. The van der Waals surface area contributed by atoms with Crippen LogP contribution in [0, 0.1) is 6.92 Å². The number of alkyl halides is 3. The highest BCUT2D eigenvalue weighted by Crippen LogP contribution is 2.41. The number of anilines is 1. The van der Waals surface area contributed by atoms with Gasteiger partial charge in [-0.15, -0.1) is 0 Å². The van der Waals surface area contributed by atoms with Crippen molar-refractivity contribution in [3.05, 3.63) is 29.3 Å². The molecule has 0 aliphatic heterocycles. The summed E-state index contributed by atoms with van der Waals surface area (Å²) in [6.07, 6.45) is -5.18. The van der Waals surface area contributed by atoms with E-state index < -0.39 is 23.3 Å². The third kappa shape index (κ3) is 2.58. The molecule has 0 fully saturated rings. The number of methoxy groups -OCH3 is 1. The van der Waals surface area contributed by atoms with Gasteiger partial charge in [0, 0.05) is 25.3 Å². The van der Waals surface area contributed by atoms with Crippen LogP contribution in [0.3, 0.4) is 0 Å². The number of rotatable bonds is 3. The number of halogens is 3. The lowest BCUT2D eigenvalue weighted by Crippen LogP contribution is -2.50. The largest absolute Gasteiger partial charge is 0.466 e. The molecule has 1 aromatic rings. The van der Waals surface area contributed by atoms with Crippen molar-refractivity contribution in [3.63, 3.8) is 0 Å². The van der Waals surface area contributed by atoms with Crippen molar-refractivity contribution in [2.45, 2.75) is 18.7 Å². The van der Waals surface area contributed by atoms with Crippen LogP contribution in [0.4, 0.5) is 18.9 Å². The predicted molar refractivity (Wildman–Crippen MR) is 67.5 cm³/mol. The van der Waals surface area contributed by atoms with Crippen molar-refractivity contribution in [2.24, 2.45) is 0 Å². The van der Waals surface area contributed by atoms with E-state index in [-0.39, 0.29) is 5.56 Å². The number of esters is 1. The molecule has 0 aliphatic carbocycles. The van der Waals surface area contributed by atoms with Crippen LogP contribution in [0.2, 0.25) is 0 Å². The summed E-state index contributed by atoms with van der Waals surface area (Å²) >= 11 is 0. The summed E-state index contributed by atoms with van der Waals surface area (Å²) in [4.78, 5) is 13.1. The van der Waals surface area contributed by atoms with Crippen LogP contribution >= 0.6 is 0 Å². The second-order valence-electron chi connectivity index (χ2n) is 4.59. The molecule has 1 aromatic carbocycles. The SMILES string of the molecule is COC(=O)C(O)(c1ccc(N(C)C)cc1C)C(F)(F)F. The van der Waals surface area contributed by atoms with E-state index in [1.165, 1.54) is 19.1 Å². The van der Waals surface area contributed by atoms with Crippen LogP contribution in [0.25, 0.3) is 0 Å². The summed E-state index contributed by atoms with van der Waals surface area (Å²) in [5, 5.41) is 9.88. The number of carbonyl (C=O) groups is 1. The van der Waals surface area contributed by atoms with Gasteiger partial charge in [0.15, 0.2) is 0 Å². The number of benzene rings is 1. The normalized spacial score (nSPS) is 14.6. The second kappa shape index (κ2) is 5.32. The zero-order chi connectivity index (χ0) is 15.7. The third-order valence-electron chi connectivity index (χ3n) is 3.01. The Morgan fingerprint density at radius 2 is 1.85 bits per heavy atom. The molecule has 1 N–H and O–H groups in total. The van der Waals surface area contributed by atoms with Crippen LogP contribution in [-0.2, 0) is 15.1 Å². The van der Waals surface area contributed by atoms with Crippen molar-refractivity contribution in [1.82, 2.24) is 0 Å². The standard InChI is InChI=1S/C13H16F3NO3/c1-8-7-9(17(2)3)5-6-10(8)12(19,11(18)20-4)13(14,15)16/h5-7,19H,1-4H3. The molecule has 1 rings (SSSR count). The van der Waals surface area contributed by atoms with Crippen LogP contribution in [0.15, 0.2) is 18.2 Å². The molecular weight excluding hydrogens is 275 g/mol. The third-order valence-corrected chi connectivity index (χ3v) is 3.01. The quantitative estimate of drug-likeness (QED) is 0.865. The minimum Gasteiger partial charge on any atom is -0.466 e. The molecule has 1 unspecified atom stereocenters. The molecule has 0 aromatic heterocycles. The summed E-state index contributed by atoms with van der Waals surface area (Å²) in [5.41, 5.74) is -3.42. The van der Waals surface area contributed by atoms with Crippen molar-refractivity contribution in [3.8, 4) is 0 Å². The van der Waals surface area contributed by atoms with Crippen molar-refractivity contribution >= 4 is 11.7 Å². The van der Waals surface area contributed by atoms with Gasteiger partial charge in [0.25, 0.3) is 5.60 Å². The van der Waals surface area contributed by atoms with E-state index in [9.17, 15) is 23.1 Å². The Balaban J connectivity index is 3.48. The van der Waals surface area contributed by atoms with E-state index in [4.69, 9.17) is 0 Å². The Kier molecular flexibility index (Phi) is 4.33. The van der Waals surface area contributed by atoms with Gasteiger partial charge < -0.3 is 14.7 Å². The first-order chi connectivity index (χ1) is 9.05. The average Bonchev–Trinajstić information content (AvgIpc) is 2.35. The highest BCUT2D eigenvalue weighted by molar-refractivity contribution is 5.83. The smallest absolute Gasteiger partial charge is 0.432 e. The molecule has 0 saturated carbocycles. The van der Waals surface area contributed by atoms with Gasteiger partial charge in [-0.3, -0.25) is 0 Å². The van der Waals surface area contributed by atoms with E-state index in [0.29, 0.717) is 5.69 Å². The number of hydrogen-bond donors (Lipinski definition) is 1. The first kappa shape index (κ1) is 16.3. The molecule has 20 heavy (non-hydrogen) atoms. The lowest BCUT2D eigenvalue weighted by molar-refractivity contribution is -0.267. The number of nitrogens with zero attached hydrogens (tertiary/aromatic N) is 1. The Hall–Kier alpha value is -1.76. The Labute approximate surface area is 114 Å². The molecule has 0 aliphatic rings. The van der Waals surface area contributed by atoms with Gasteiger partial charge in [-0.2, -0.15) is 13.2 Å². The molecule has 0 saturated heterocycles. The monoisotopic (exact) mass is 291 g/mol. The van der Waals surface area contributed by atoms with Gasteiger partial charge in [-0.05, 0) is 24.6 Å². The molecular formula is C13H16F3NO3. The lowest BCUT2D eigenvalue weighted by Gasteiger charge is -2.29. The zero-order valence-corrected chi connectivity index (χ0v) is 11.6. The fourth-order valence-electron chi connectivity index (χ4n) is 1.86. The fraction of sp³-hybridized carbons (Fsp3) is 0.462. The summed E-state index contributed by atoms with van der Waals surface area (Å²) < 4.78 is 43.4. The highest BCUT2D eigenvalue weighted by atomic mass is 19.4. The van der Waals surface area contributed by atoms with Gasteiger partial charge in [-0.25, -0.2) is 4.79 Å². The molecule has 0 bridgehead atoms. The van der Waals surface area contributed by atoms with Gasteiger partial charge in [0.2, 0.25) is 0 Å². The number of ether oxygens (including phenoxy) is 1. The highest BCUT2D eigenvalue weighted by Gasteiger charge is 2.62. The number of carbonyl (C=O) groups excluding carboxylic acids is 1. The molecule has 0 heterocycles. The van der Waals surface area contributed by atoms with E-state index in [0.717, 1.165) is 13.2 Å². The second-order valence-corrected chi connectivity index (χ2v) is 4.59. The molecule has 4 nitrogen and oxygen atoms in total. The Morgan fingerprint density at radius 1 is 1.30 bits per heavy atom. The van der Waals surface area contributed by atoms with Gasteiger partial charge in [0.05, 0.1) is 7.11 Å². The Morgan fingerprint density at radius 3 is 2.20 bits per heavy atom. The molecule has 0 spiro atoms. The van der Waals surface area contributed by atoms with Crippen LogP contribution in [0.1, 0.15) is 11.1 Å². The fourth-order valence-corrected chi connectivity index (χ4v) is 1.86. The van der Waals surface area contributed by atoms with Gasteiger partial charge >= 0.3 is 12.1 Å². The van der Waals surface area contributed by atoms with Crippen LogP contribution in [-0.4, -0.2) is 38.5 Å². The average molecular weight is 291 g/mol. The Bertz CT molecular complexity index is 514. The summed E-state index contributed by atoms with van der Waals surface area (Å²) in [5.74, 6) is -1.76. The van der Waals surface area contributed by atoms with E-state index >= 15 is 0 Å². The minimum absolute atomic E-state index is 0.140.